The van der Waals surface area contributed by atoms with Crippen molar-refractivity contribution in [2.24, 2.45) is 23.1 Å². The summed E-state index contributed by atoms with van der Waals surface area (Å²) in [6.45, 7) is 2.70. The average Bonchev–Trinajstić information content (AvgIpc) is 2.68. The van der Waals surface area contributed by atoms with Gasteiger partial charge in [0.2, 0.25) is 29.5 Å². The van der Waals surface area contributed by atoms with Crippen molar-refractivity contribution in [1.29, 1.82) is 0 Å². The lowest BCUT2D eigenvalue weighted by Gasteiger charge is -2.27. The standard InChI is InChI=1S/C17H30N6O8/c1-3-7(2)13(23-14(27)8(18)6-24)16(29)21-9(4-11(19)25)15(28)22-10(17(30)31)5-12(20)26/h7-10,13,24H,3-6,18H2,1-2H3,(H2,19,25)(H2,20,26)(H,21,29)(H,22,28)(H,23,27)(H,30,31). The highest BCUT2D eigenvalue weighted by Crippen LogP contribution is 2.09. The third-order valence-electron chi connectivity index (χ3n) is 4.38. The number of hydrogen-bond acceptors (Lipinski definition) is 8. The van der Waals surface area contributed by atoms with E-state index in [0.29, 0.717) is 6.42 Å². The largest absolute Gasteiger partial charge is 0.480 e. The van der Waals surface area contributed by atoms with Crippen molar-refractivity contribution in [2.75, 3.05) is 6.61 Å². The van der Waals surface area contributed by atoms with Crippen LogP contribution >= 0.6 is 0 Å². The number of aliphatic hydroxyl groups is 1. The molecule has 0 aromatic rings. The van der Waals surface area contributed by atoms with Crippen LogP contribution in [0.15, 0.2) is 0 Å². The Morgan fingerprint density at radius 1 is 0.839 bits per heavy atom. The molecule has 0 spiro atoms. The number of carboxylic acid groups (broad SMARTS) is 1. The second kappa shape index (κ2) is 13.1. The fourth-order valence-electron chi connectivity index (χ4n) is 2.39. The zero-order valence-corrected chi connectivity index (χ0v) is 17.3. The van der Waals surface area contributed by atoms with E-state index in [1.165, 1.54) is 0 Å². The molecule has 0 radical (unpaired) electrons. The monoisotopic (exact) mass is 446 g/mol. The number of carboxylic acids is 1. The molecular weight excluding hydrogens is 416 g/mol. The lowest BCUT2D eigenvalue weighted by molar-refractivity contribution is -0.144. The molecule has 0 saturated carbocycles. The molecule has 5 atom stereocenters. The Morgan fingerprint density at radius 2 is 1.32 bits per heavy atom. The molecule has 0 aromatic heterocycles. The second-order valence-corrected chi connectivity index (χ2v) is 6.96. The van der Waals surface area contributed by atoms with E-state index in [-0.39, 0.29) is 0 Å². The van der Waals surface area contributed by atoms with E-state index in [0.717, 1.165) is 0 Å². The van der Waals surface area contributed by atoms with Gasteiger partial charge in [0.05, 0.1) is 19.4 Å². The number of amides is 5. The van der Waals surface area contributed by atoms with Crippen LogP contribution in [0.2, 0.25) is 0 Å². The number of primary amides is 2. The minimum absolute atomic E-state index is 0.430. The van der Waals surface area contributed by atoms with Gasteiger partial charge in [0.15, 0.2) is 0 Å². The Morgan fingerprint density at radius 3 is 1.74 bits per heavy atom. The first-order chi connectivity index (χ1) is 14.3. The molecular formula is C17H30N6O8. The molecule has 0 aliphatic heterocycles. The maximum absolute atomic E-state index is 12.7. The highest BCUT2D eigenvalue weighted by Gasteiger charge is 2.33. The Kier molecular flexibility index (Phi) is 11.7. The van der Waals surface area contributed by atoms with Crippen molar-refractivity contribution in [3.63, 3.8) is 0 Å². The molecule has 31 heavy (non-hydrogen) atoms. The van der Waals surface area contributed by atoms with Crippen LogP contribution in [0.1, 0.15) is 33.1 Å². The predicted molar refractivity (Wildman–Crippen MR) is 106 cm³/mol. The molecule has 0 aliphatic carbocycles. The number of aliphatic hydroxyl groups excluding tert-OH is 1. The van der Waals surface area contributed by atoms with Crippen LogP contribution in [0, 0.1) is 5.92 Å². The SMILES string of the molecule is CCC(C)C(NC(=O)C(N)CO)C(=O)NC(CC(N)=O)C(=O)NC(CC(N)=O)C(=O)O. The molecule has 0 bridgehead atoms. The van der Waals surface area contributed by atoms with Gasteiger partial charge in [-0.1, -0.05) is 20.3 Å². The molecule has 0 aromatic carbocycles. The van der Waals surface area contributed by atoms with Gasteiger partial charge in [-0.15, -0.1) is 0 Å². The van der Waals surface area contributed by atoms with Gasteiger partial charge in [0, 0.05) is 0 Å². The van der Waals surface area contributed by atoms with Crippen LogP contribution in [0.4, 0.5) is 0 Å². The lowest BCUT2D eigenvalue weighted by Crippen LogP contribution is -2.59. The smallest absolute Gasteiger partial charge is 0.326 e. The van der Waals surface area contributed by atoms with E-state index in [1.54, 1.807) is 13.8 Å². The Hall–Kier alpha value is -3.26. The molecule has 14 nitrogen and oxygen atoms in total. The maximum atomic E-state index is 12.7. The van der Waals surface area contributed by atoms with Crippen LogP contribution in [0.25, 0.3) is 0 Å². The third-order valence-corrected chi connectivity index (χ3v) is 4.38. The van der Waals surface area contributed by atoms with E-state index in [4.69, 9.17) is 27.4 Å². The van der Waals surface area contributed by atoms with Gasteiger partial charge in [0.25, 0.3) is 0 Å². The maximum Gasteiger partial charge on any atom is 0.326 e. The molecule has 0 aliphatic rings. The predicted octanol–water partition coefficient (Wildman–Crippen LogP) is -4.36. The van der Waals surface area contributed by atoms with Gasteiger partial charge in [0.1, 0.15) is 24.2 Å². The number of nitrogens with one attached hydrogen (secondary N) is 3. The Labute approximate surface area is 178 Å². The number of nitrogens with two attached hydrogens (primary N) is 3. The summed E-state index contributed by atoms with van der Waals surface area (Å²) in [5.74, 6) is -6.74. The number of hydrogen-bond donors (Lipinski definition) is 8. The Balaban J connectivity index is 5.56. The average molecular weight is 446 g/mol. The highest BCUT2D eigenvalue weighted by molar-refractivity contribution is 5.96. The van der Waals surface area contributed by atoms with Gasteiger partial charge >= 0.3 is 5.97 Å². The van der Waals surface area contributed by atoms with Crippen LogP contribution in [-0.4, -0.2) is 76.5 Å². The summed E-state index contributed by atoms with van der Waals surface area (Å²) in [6, 6.07) is -5.74. The normalized spacial score (nSPS) is 15.5. The van der Waals surface area contributed by atoms with Gasteiger partial charge in [-0.3, -0.25) is 24.0 Å². The fraction of sp³-hybridized carbons (Fsp3) is 0.647. The van der Waals surface area contributed by atoms with Crippen molar-refractivity contribution >= 4 is 35.5 Å². The molecule has 11 N–H and O–H groups in total. The molecule has 0 fully saturated rings. The molecule has 0 rings (SSSR count). The van der Waals surface area contributed by atoms with Crippen molar-refractivity contribution in [3.8, 4) is 0 Å². The second-order valence-electron chi connectivity index (χ2n) is 6.96. The fourth-order valence-corrected chi connectivity index (χ4v) is 2.39. The summed E-state index contributed by atoms with van der Waals surface area (Å²) in [5, 5.41) is 24.7. The molecule has 14 heteroatoms. The Bertz CT molecular complexity index is 700. The van der Waals surface area contributed by atoms with E-state index < -0.39 is 85.0 Å². The molecule has 0 saturated heterocycles. The van der Waals surface area contributed by atoms with E-state index >= 15 is 0 Å². The molecule has 0 heterocycles. The van der Waals surface area contributed by atoms with Crippen molar-refractivity contribution in [3.05, 3.63) is 0 Å². The summed E-state index contributed by atoms with van der Waals surface area (Å²) in [7, 11) is 0. The lowest BCUT2D eigenvalue weighted by atomic mass is 9.97. The first kappa shape index (κ1) is 27.7. The van der Waals surface area contributed by atoms with Crippen molar-refractivity contribution < 1.29 is 39.0 Å². The number of carbonyl (C=O) groups is 6. The third kappa shape index (κ3) is 9.86. The number of carbonyl (C=O) groups excluding carboxylic acids is 5. The van der Waals surface area contributed by atoms with Gasteiger partial charge in [-0.2, -0.15) is 0 Å². The summed E-state index contributed by atoms with van der Waals surface area (Å²) in [5.41, 5.74) is 15.5. The minimum Gasteiger partial charge on any atom is -0.480 e. The van der Waals surface area contributed by atoms with Crippen LogP contribution < -0.4 is 33.2 Å². The van der Waals surface area contributed by atoms with E-state index in [9.17, 15) is 28.8 Å². The quantitative estimate of drug-likeness (QED) is 0.128. The van der Waals surface area contributed by atoms with Crippen molar-refractivity contribution in [2.45, 2.75) is 57.3 Å². The van der Waals surface area contributed by atoms with Gasteiger partial charge < -0.3 is 43.4 Å². The summed E-state index contributed by atoms with van der Waals surface area (Å²) < 4.78 is 0. The highest BCUT2D eigenvalue weighted by atomic mass is 16.4. The van der Waals surface area contributed by atoms with Crippen molar-refractivity contribution in [1.82, 2.24) is 16.0 Å². The minimum atomic E-state index is -1.69. The topological polar surface area (TPSA) is 257 Å². The van der Waals surface area contributed by atoms with Crippen LogP contribution in [0.5, 0.6) is 0 Å². The first-order valence-corrected chi connectivity index (χ1v) is 9.40. The number of rotatable bonds is 14. The molecule has 176 valence electrons. The number of aliphatic carboxylic acids is 1. The van der Waals surface area contributed by atoms with E-state index in [2.05, 4.69) is 10.6 Å². The summed E-state index contributed by atoms with van der Waals surface area (Å²) in [6.07, 6.45) is -0.972. The van der Waals surface area contributed by atoms with Crippen LogP contribution in [-0.2, 0) is 28.8 Å². The van der Waals surface area contributed by atoms with Gasteiger partial charge in [-0.05, 0) is 5.92 Å². The molecule has 5 amide bonds. The first-order valence-electron chi connectivity index (χ1n) is 9.40. The molecule has 5 unspecified atom stereocenters. The summed E-state index contributed by atoms with van der Waals surface area (Å²) in [4.78, 5) is 70.7. The zero-order chi connectivity index (χ0) is 24.3. The summed E-state index contributed by atoms with van der Waals surface area (Å²) >= 11 is 0. The zero-order valence-electron chi connectivity index (χ0n) is 17.3. The van der Waals surface area contributed by atoms with Crippen LogP contribution in [0.3, 0.4) is 0 Å². The van der Waals surface area contributed by atoms with Gasteiger partial charge in [-0.25, -0.2) is 4.79 Å². The van der Waals surface area contributed by atoms with E-state index in [1.807, 2.05) is 5.32 Å².